The van der Waals surface area contributed by atoms with E-state index < -0.39 is 0 Å². The van der Waals surface area contributed by atoms with Gasteiger partial charge < -0.3 is 4.90 Å². The molecule has 0 radical (unpaired) electrons. The first-order chi connectivity index (χ1) is 5.18. The third kappa shape index (κ3) is 5.64. The molecule has 0 bridgehead atoms. The Bertz CT molecular complexity index is 138. The van der Waals surface area contributed by atoms with E-state index in [0.29, 0.717) is 0 Å². The molecule has 0 aromatic carbocycles. The van der Waals surface area contributed by atoms with Crippen LogP contribution >= 0.6 is 0 Å². The Balaban J connectivity index is 3.49. The average molecular weight is 155 g/mol. The topological polar surface area (TPSA) is 20.3 Å². The number of carbonyl (C=O) groups is 1. The van der Waals surface area contributed by atoms with Gasteiger partial charge in [-0.25, -0.2) is 0 Å². The van der Waals surface area contributed by atoms with Crippen molar-refractivity contribution in [2.24, 2.45) is 0 Å². The lowest BCUT2D eigenvalue weighted by Crippen LogP contribution is -2.18. The number of allylic oxidation sites excluding steroid dienone is 1. The van der Waals surface area contributed by atoms with Crippen molar-refractivity contribution in [3.8, 4) is 0 Å². The number of rotatable bonds is 4. The van der Waals surface area contributed by atoms with Gasteiger partial charge in [-0.2, -0.15) is 0 Å². The van der Waals surface area contributed by atoms with E-state index in [1.165, 1.54) is 6.42 Å². The van der Waals surface area contributed by atoms with E-state index in [4.69, 9.17) is 0 Å². The number of hydrogen-bond donors (Lipinski definition) is 0. The summed E-state index contributed by atoms with van der Waals surface area (Å²) in [4.78, 5) is 12.5. The molecule has 0 rings (SSSR count). The van der Waals surface area contributed by atoms with Gasteiger partial charge in [0.15, 0.2) is 0 Å². The molecule has 0 aliphatic rings. The van der Waals surface area contributed by atoms with Crippen molar-refractivity contribution in [2.75, 3.05) is 14.1 Å². The van der Waals surface area contributed by atoms with Crippen LogP contribution in [0.3, 0.4) is 0 Å². The lowest BCUT2D eigenvalue weighted by molar-refractivity contribution is -0.123. The average Bonchev–Trinajstić information content (AvgIpc) is 1.97. The minimum Gasteiger partial charge on any atom is -0.345 e. The molecule has 0 aliphatic heterocycles. The van der Waals surface area contributed by atoms with Crippen molar-refractivity contribution in [2.45, 2.75) is 26.2 Å². The first kappa shape index (κ1) is 10.2. The molecule has 0 heterocycles. The molecule has 0 fully saturated rings. The zero-order chi connectivity index (χ0) is 8.69. The summed E-state index contributed by atoms with van der Waals surface area (Å²) in [5, 5.41) is 0. The van der Waals surface area contributed by atoms with Gasteiger partial charge in [0.1, 0.15) is 0 Å². The van der Waals surface area contributed by atoms with E-state index in [0.717, 1.165) is 12.8 Å². The van der Waals surface area contributed by atoms with Crippen LogP contribution in [0.25, 0.3) is 0 Å². The third-order valence-electron chi connectivity index (χ3n) is 1.43. The molecule has 64 valence electrons. The van der Waals surface area contributed by atoms with Gasteiger partial charge in [0, 0.05) is 14.1 Å². The number of carbonyl (C=O) groups excluding carboxylic acids is 1. The summed E-state index contributed by atoms with van der Waals surface area (Å²) in [6, 6.07) is 0. The Morgan fingerprint density at radius 3 is 2.55 bits per heavy atom. The van der Waals surface area contributed by atoms with E-state index in [1.54, 1.807) is 25.1 Å². The van der Waals surface area contributed by atoms with E-state index in [-0.39, 0.29) is 5.91 Å². The predicted molar refractivity (Wildman–Crippen MR) is 47.4 cm³/mol. The lowest BCUT2D eigenvalue weighted by Gasteiger charge is -2.04. The Kier molecular flexibility index (Phi) is 5.53. The zero-order valence-corrected chi connectivity index (χ0v) is 7.63. The van der Waals surface area contributed by atoms with E-state index in [2.05, 4.69) is 6.92 Å². The maximum Gasteiger partial charge on any atom is 0.245 e. The summed E-state index contributed by atoms with van der Waals surface area (Å²) in [6.45, 7) is 2.14. The zero-order valence-electron chi connectivity index (χ0n) is 7.63. The molecule has 0 unspecified atom stereocenters. The number of amides is 1. The third-order valence-corrected chi connectivity index (χ3v) is 1.43. The summed E-state index contributed by atoms with van der Waals surface area (Å²) in [5.41, 5.74) is 0. The van der Waals surface area contributed by atoms with Crippen molar-refractivity contribution in [1.82, 2.24) is 4.90 Å². The smallest absolute Gasteiger partial charge is 0.245 e. The summed E-state index contributed by atoms with van der Waals surface area (Å²) in [6.07, 6.45) is 6.93. The molecule has 0 saturated heterocycles. The second-order valence-electron chi connectivity index (χ2n) is 2.78. The van der Waals surface area contributed by atoms with E-state index in [9.17, 15) is 4.79 Å². The molecule has 2 heteroatoms. The van der Waals surface area contributed by atoms with Crippen LogP contribution < -0.4 is 0 Å². The molecular formula is C9H17NO. The second-order valence-corrected chi connectivity index (χ2v) is 2.78. The first-order valence-corrected chi connectivity index (χ1v) is 4.06. The van der Waals surface area contributed by atoms with Crippen LogP contribution in [0.5, 0.6) is 0 Å². The maximum atomic E-state index is 10.9. The number of hydrogen-bond acceptors (Lipinski definition) is 1. The largest absolute Gasteiger partial charge is 0.345 e. The Hall–Kier alpha value is -0.790. The van der Waals surface area contributed by atoms with Gasteiger partial charge in [-0.1, -0.05) is 25.8 Å². The van der Waals surface area contributed by atoms with Crippen LogP contribution in [-0.4, -0.2) is 24.9 Å². The van der Waals surface area contributed by atoms with Gasteiger partial charge in [-0.05, 0) is 12.5 Å². The van der Waals surface area contributed by atoms with Gasteiger partial charge in [0.25, 0.3) is 0 Å². The normalized spacial score (nSPS) is 10.5. The quantitative estimate of drug-likeness (QED) is 0.448. The van der Waals surface area contributed by atoms with Crippen LogP contribution in [0.1, 0.15) is 26.2 Å². The molecule has 1 amide bonds. The SMILES string of the molecule is CCCC/C=C\C(=O)N(C)C. The predicted octanol–water partition coefficient (Wildman–Crippen LogP) is 1.82. The van der Waals surface area contributed by atoms with Gasteiger partial charge >= 0.3 is 0 Å². The fraction of sp³-hybridized carbons (Fsp3) is 0.667. The Labute approximate surface area is 68.9 Å². The maximum absolute atomic E-state index is 10.9. The number of likely N-dealkylation sites (N-methyl/N-ethyl adjacent to an activating group) is 1. The van der Waals surface area contributed by atoms with Crippen molar-refractivity contribution < 1.29 is 4.79 Å². The minimum atomic E-state index is 0.0705. The van der Waals surface area contributed by atoms with Crippen LogP contribution in [0.15, 0.2) is 12.2 Å². The molecule has 11 heavy (non-hydrogen) atoms. The van der Waals surface area contributed by atoms with Crippen LogP contribution in [-0.2, 0) is 4.79 Å². The Morgan fingerprint density at radius 1 is 1.45 bits per heavy atom. The Morgan fingerprint density at radius 2 is 2.09 bits per heavy atom. The van der Waals surface area contributed by atoms with Crippen LogP contribution in [0.2, 0.25) is 0 Å². The van der Waals surface area contributed by atoms with Crippen molar-refractivity contribution in [1.29, 1.82) is 0 Å². The van der Waals surface area contributed by atoms with Gasteiger partial charge in [0.05, 0.1) is 0 Å². The highest BCUT2D eigenvalue weighted by Gasteiger charge is 1.94. The summed E-state index contributed by atoms with van der Waals surface area (Å²) in [7, 11) is 3.51. The van der Waals surface area contributed by atoms with Crippen LogP contribution in [0, 0.1) is 0 Å². The molecule has 0 atom stereocenters. The molecule has 0 spiro atoms. The standard InChI is InChI=1S/C9H17NO/c1-4-5-6-7-8-9(11)10(2)3/h7-8H,4-6H2,1-3H3/b8-7-. The highest BCUT2D eigenvalue weighted by molar-refractivity contribution is 5.86. The molecule has 0 N–H and O–H groups in total. The second kappa shape index (κ2) is 5.96. The van der Waals surface area contributed by atoms with Crippen LogP contribution in [0.4, 0.5) is 0 Å². The molecule has 2 nitrogen and oxygen atoms in total. The highest BCUT2D eigenvalue weighted by Crippen LogP contribution is 1.95. The molecule has 0 aromatic rings. The summed E-state index contributed by atoms with van der Waals surface area (Å²) >= 11 is 0. The fourth-order valence-electron chi connectivity index (χ4n) is 0.655. The minimum absolute atomic E-state index is 0.0705. The molecule has 0 saturated carbocycles. The summed E-state index contributed by atoms with van der Waals surface area (Å²) < 4.78 is 0. The fourth-order valence-corrected chi connectivity index (χ4v) is 0.655. The van der Waals surface area contributed by atoms with E-state index in [1.807, 2.05) is 6.08 Å². The number of unbranched alkanes of at least 4 members (excludes halogenated alkanes) is 2. The van der Waals surface area contributed by atoms with Crippen molar-refractivity contribution in [3.63, 3.8) is 0 Å². The van der Waals surface area contributed by atoms with E-state index >= 15 is 0 Å². The molecule has 0 aromatic heterocycles. The molecule has 0 aliphatic carbocycles. The summed E-state index contributed by atoms with van der Waals surface area (Å²) in [5.74, 6) is 0.0705. The lowest BCUT2D eigenvalue weighted by atomic mass is 10.2. The van der Waals surface area contributed by atoms with Crippen molar-refractivity contribution in [3.05, 3.63) is 12.2 Å². The highest BCUT2D eigenvalue weighted by atomic mass is 16.2. The molecular weight excluding hydrogens is 138 g/mol. The van der Waals surface area contributed by atoms with Gasteiger partial charge in [-0.3, -0.25) is 4.79 Å². The number of nitrogens with zero attached hydrogens (tertiary/aromatic N) is 1. The first-order valence-electron chi connectivity index (χ1n) is 4.06. The van der Waals surface area contributed by atoms with Gasteiger partial charge in [0.2, 0.25) is 5.91 Å². The van der Waals surface area contributed by atoms with Gasteiger partial charge in [-0.15, -0.1) is 0 Å². The van der Waals surface area contributed by atoms with Crippen molar-refractivity contribution >= 4 is 5.91 Å². The monoisotopic (exact) mass is 155 g/mol.